The number of amides is 1. The number of carbonyl (C=O) groups is 1. The molecule has 0 saturated heterocycles. The van der Waals surface area contributed by atoms with Crippen LogP contribution in [0.25, 0.3) is 5.13 Å². The molecule has 0 fully saturated rings. The quantitative estimate of drug-likeness (QED) is 0.381. The maximum atomic E-state index is 12.6. The Morgan fingerprint density at radius 2 is 1.84 bits per heavy atom. The third-order valence-corrected chi connectivity index (χ3v) is 6.79. The zero-order chi connectivity index (χ0) is 22.8. The molecule has 0 aliphatic heterocycles. The highest BCUT2D eigenvalue weighted by Crippen LogP contribution is 2.24. The van der Waals surface area contributed by atoms with Crippen LogP contribution in [0.3, 0.4) is 0 Å². The summed E-state index contributed by atoms with van der Waals surface area (Å²) in [6, 6.07) is 13.8. The van der Waals surface area contributed by atoms with Crippen molar-refractivity contribution < 1.29 is 4.79 Å². The van der Waals surface area contributed by atoms with E-state index in [0.717, 1.165) is 50.5 Å². The van der Waals surface area contributed by atoms with E-state index in [-0.39, 0.29) is 12.3 Å². The molecule has 0 aliphatic rings. The zero-order valence-electron chi connectivity index (χ0n) is 18.6. The van der Waals surface area contributed by atoms with Gasteiger partial charge in [-0.3, -0.25) is 4.79 Å². The van der Waals surface area contributed by atoms with Crippen molar-refractivity contribution in [3.8, 4) is 5.13 Å². The second-order valence-electron chi connectivity index (χ2n) is 7.96. The van der Waals surface area contributed by atoms with Crippen molar-refractivity contribution >= 4 is 34.5 Å². The summed E-state index contributed by atoms with van der Waals surface area (Å²) >= 11 is 7.50. The second kappa shape index (κ2) is 9.27. The smallest absolute Gasteiger partial charge is 0.230 e. The van der Waals surface area contributed by atoms with Gasteiger partial charge in [-0.05, 0) is 62.6 Å². The fourth-order valence-corrected chi connectivity index (χ4v) is 4.59. The molecule has 4 rings (SSSR count). The van der Waals surface area contributed by atoms with E-state index in [1.54, 1.807) is 0 Å². The fourth-order valence-electron chi connectivity index (χ4n) is 3.64. The largest absolute Gasteiger partial charge is 0.325 e. The lowest BCUT2D eigenvalue weighted by Crippen LogP contribution is -2.15. The van der Waals surface area contributed by atoms with Gasteiger partial charge < -0.3 is 5.32 Å². The van der Waals surface area contributed by atoms with E-state index in [1.807, 2.05) is 73.3 Å². The first-order chi connectivity index (χ1) is 15.3. The summed E-state index contributed by atoms with van der Waals surface area (Å²) < 4.78 is 1.87. The number of aryl methyl sites for hydroxylation is 2. The highest BCUT2D eigenvalue weighted by atomic mass is 35.5. The summed E-state index contributed by atoms with van der Waals surface area (Å²) in [6.07, 6.45) is 1.01. The topological polar surface area (TPSA) is 59.8 Å². The van der Waals surface area contributed by atoms with Gasteiger partial charge in [0.2, 0.25) is 11.0 Å². The van der Waals surface area contributed by atoms with E-state index >= 15 is 0 Å². The Kier molecular flexibility index (Phi) is 6.44. The summed E-state index contributed by atoms with van der Waals surface area (Å²) in [5.41, 5.74) is 8.20. The van der Waals surface area contributed by atoms with Crippen LogP contribution in [0.5, 0.6) is 0 Å². The Hall–Kier alpha value is -2.96. The molecule has 0 bridgehead atoms. The predicted octanol–water partition coefficient (Wildman–Crippen LogP) is 5.99. The summed E-state index contributed by atoms with van der Waals surface area (Å²) in [7, 11) is 0. The van der Waals surface area contributed by atoms with E-state index in [0.29, 0.717) is 0 Å². The molecule has 164 valence electrons. The average molecular weight is 465 g/mol. The molecule has 4 aromatic rings. The third-order valence-electron chi connectivity index (χ3n) is 5.68. The van der Waals surface area contributed by atoms with Crippen LogP contribution in [0.4, 0.5) is 5.69 Å². The van der Waals surface area contributed by atoms with Crippen molar-refractivity contribution in [2.24, 2.45) is 0 Å². The lowest BCUT2D eigenvalue weighted by Gasteiger charge is -2.09. The van der Waals surface area contributed by atoms with E-state index in [1.165, 1.54) is 22.5 Å². The number of aromatic nitrogens is 3. The van der Waals surface area contributed by atoms with Gasteiger partial charge in [-0.25, -0.2) is 9.67 Å². The minimum Gasteiger partial charge on any atom is -0.325 e. The van der Waals surface area contributed by atoms with Gasteiger partial charge in [-0.2, -0.15) is 5.10 Å². The Morgan fingerprint density at radius 3 is 2.59 bits per heavy atom. The molecule has 1 amide bonds. The summed E-state index contributed by atoms with van der Waals surface area (Å²) in [6.45, 7) is 8.12. The van der Waals surface area contributed by atoms with Gasteiger partial charge in [0.1, 0.15) is 0 Å². The number of nitrogens with one attached hydrogen (secondary N) is 1. The van der Waals surface area contributed by atoms with E-state index in [9.17, 15) is 4.79 Å². The zero-order valence-corrected chi connectivity index (χ0v) is 20.1. The molecule has 0 atom stereocenters. The van der Waals surface area contributed by atoms with Gasteiger partial charge in [-0.1, -0.05) is 35.9 Å². The maximum absolute atomic E-state index is 12.6. The van der Waals surface area contributed by atoms with Crippen LogP contribution in [-0.2, 0) is 17.6 Å². The molecule has 2 aromatic heterocycles. The second-order valence-corrected chi connectivity index (χ2v) is 9.23. The number of halogens is 1. The molecule has 1 N–H and O–H groups in total. The lowest BCUT2D eigenvalue weighted by atomic mass is 10.0. The number of carbonyl (C=O) groups excluding carboxylic acids is 1. The average Bonchev–Trinajstić information content (AvgIpc) is 3.32. The third kappa shape index (κ3) is 4.76. The Labute approximate surface area is 197 Å². The van der Waals surface area contributed by atoms with Crippen LogP contribution in [0.1, 0.15) is 39.3 Å². The first-order valence-corrected chi connectivity index (χ1v) is 11.7. The molecule has 7 heteroatoms. The van der Waals surface area contributed by atoms with Crippen LogP contribution >= 0.6 is 22.9 Å². The van der Waals surface area contributed by atoms with Gasteiger partial charge >= 0.3 is 0 Å². The van der Waals surface area contributed by atoms with Gasteiger partial charge in [-0.15, -0.1) is 11.3 Å². The number of nitrogens with zero attached hydrogens (tertiary/aromatic N) is 3. The molecular weight excluding hydrogens is 440 g/mol. The fraction of sp³-hybridized carbons (Fsp3) is 0.240. The molecule has 2 heterocycles. The molecule has 0 unspecified atom stereocenters. The predicted molar refractivity (Wildman–Crippen MR) is 131 cm³/mol. The molecule has 2 aromatic carbocycles. The number of hydrogen-bond donors (Lipinski definition) is 1. The molecular formula is C25H25ClN4OS. The molecule has 0 saturated carbocycles. The van der Waals surface area contributed by atoms with Crippen molar-refractivity contribution in [3.05, 3.63) is 92.2 Å². The van der Waals surface area contributed by atoms with Gasteiger partial charge in [0.15, 0.2) is 0 Å². The highest BCUT2D eigenvalue weighted by molar-refractivity contribution is 7.12. The van der Waals surface area contributed by atoms with Crippen molar-refractivity contribution in [1.29, 1.82) is 0 Å². The van der Waals surface area contributed by atoms with Crippen LogP contribution in [0.2, 0.25) is 5.02 Å². The molecule has 0 spiro atoms. The Morgan fingerprint density at radius 1 is 1.09 bits per heavy atom. The minimum absolute atomic E-state index is 0.0765. The maximum Gasteiger partial charge on any atom is 0.230 e. The van der Waals surface area contributed by atoms with E-state index in [4.69, 9.17) is 16.7 Å². The van der Waals surface area contributed by atoms with Gasteiger partial charge in [0, 0.05) is 33.8 Å². The van der Waals surface area contributed by atoms with Crippen molar-refractivity contribution in [3.63, 3.8) is 0 Å². The first kappa shape index (κ1) is 22.2. The van der Waals surface area contributed by atoms with Gasteiger partial charge in [0.25, 0.3) is 0 Å². The van der Waals surface area contributed by atoms with Crippen molar-refractivity contribution in [2.75, 3.05) is 5.32 Å². The SMILES string of the molecule is Cc1cccc(NC(=O)Cc2csc(-n3nc(C)c(Cc4ccc(Cl)cc4)c3C)n2)c1C. The number of benzene rings is 2. The van der Waals surface area contributed by atoms with Crippen LogP contribution in [0, 0.1) is 27.7 Å². The standard InChI is InChI=1S/C25H25ClN4OS/c1-15-6-5-7-23(16(15)2)28-24(31)13-21-14-32-25(27-21)30-18(4)22(17(3)29-30)12-19-8-10-20(26)11-9-19/h5-11,14H,12-13H2,1-4H3,(H,28,31). The lowest BCUT2D eigenvalue weighted by molar-refractivity contribution is -0.115. The summed E-state index contributed by atoms with van der Waals surface area (Å²) in [5, 5.41) is 11.1. The Bertz CT molecular complexity index is 1270. The first-order valence-electron chi connectivity index (χ1n) is 10.4. The van der Waals surface area contributed by atoms with Crippen molar-refractivity contribution in [1.82, 2.24) is 14.8 Å². The highest BCUT2D eigenvalue weighted by Gasteiger charge is 2.17. The number of anilines is 1. The molecule has 0 radical (unpaired) electrons. The number of rotatable bonds is 6. The molecule has 32 heavy (non-hydrogen) atoms. The van der Waals surface area contributed by atoms with Crippen LogP contribution in [-0.4, -0.2) is 20.7 Å². The number of thiazole rings is 1. The van der Waals surface area contributed by atoms with Crippen LogP contribution in [0.15, 0.2) is 47.8 Å². The molecule has 5 nitrogen and oxygen atoms in total. The van der Waals surface area contributed by atoms with E-state index < -0.39 is 0 Å². The minimum atomic E-state index is -0.0765. The Balaban J connectivity index is 1.49. The molecule has 0 aliphatic carbocycles. The number of hydrogen-bond acceptors (Lipinski definition) is 4. The summed E-state index contributed by atoms with van der Waals surface area (Å²) in [5.74, 6) is -0.0765. The monoisotopic (exact) mass is 464 g/mol. The van der Waals surface area contributed by atoms with Crippen LogP contribution < -0.4 is 5.32 Å². The van der Waals surface area contributed by atoms with Gasteiger partial charge in [0.05, 0.1) is 17.8 Å². The normalized spacial score (nSPS) is 11.0. The van der Waals surface area contributed by atoms with Crippen molar-refractivity contribution in [2.45, 2.75) is 40.5 Å². The summed E-state index contributed by atoms with van der Waals surface area (Å²) in [4.78, 5) is 17.2. The van der Waals surface area contributed by atoms with E-state index in [2.05, 4.69) is 17.2 Å².